The van der Waals surface area contributed by atoms with Crippen LogP contribution < -0.4 is 15.1 Å². The number of halogens is 1. The zero-order valence-corrected chi connectivity index (χ0v) is 19.5. The number of rotatable bonds is 4. The molecule has 1 N–H and O–H groups in total. The van der Waals surface area contributed by atoms with Crippen LogP contribution in [-0.2, 0) is 4.74 Å². The van der Waals surface area contributed by atoms with Crippen LogP contribution in [0.1, 0.15) is 43.0 Å². The number of aromatic nitrogens is 1. The van der Waals surface area contributed by atoms with Crippen molar-refractivity contribution in [3.05, 3.63) is 46.4 Å². The van der Waals surface area contributed by atoms with Crippen LogP contribution in [0.3, 0.4) is 0 Å². The Hall–Kier alpha value is -2.12. The summed E-state index contributed by atoms with van der Waals surface area (Å²) in [5.74, 6) is 1.33. The highest BCUT2D eigenvalue weighted by molar-refractivity contribution is 9.10. The minimum absolute atomic E-state index is 0.116. The van der Waals surface area contributed by atoms with Crippen molar-refractivity contribution in [3.63, 3.8) is 0 Å². The van der Waals surface area contributed by atoms with Crippen molar-refractivity contribution < 1.29 is 9.53 Å². The monoisotopic (exact) mass is 484 g/mol. The van der Waals surface area contributed by atoms with Crippen LogP contribution in [0.15, 0.2) is 40.9 Å². The van der Waals surface area contributed by atoms with Crippen LogP contribution in [0, 0.1) is 5.41 Å². The summed E-state index contributed by atoms with van der Waals surface area (Å²) in [5.41, 5.74) is 2.30. The normalized spacial score (nSPS) is 22.5. The fraction of sp³-hybridized carbons (Fsp3) is 0.500. The van der Waals surface area contributed by atoms with Gasteiger partial charge in [-0.3, -0.25) is 4.79 Å². The summed E-state index contributed by atoms with van der Waals surface area (Å²) in [4.78, 5) is 22.5. The summed E-state index contributed by atoms with van der Waals surface area (Å²) < 4.78 is 6.62. The Morgan fingerprint density at radius 1 is 1.13 bits per heavy atom. The van der Waals surface area contributed by atoms with Crippen LogP contribution in [-0.4, -0.2) is 49.8 Å². The molecule has 1 atom stereocenters. The summed E-state index contributed by atoms with van der Waals surface area (Å²) in [6, 6.07) is 11.7. The van der Waals surface area contributed by atoms with Gasteiger partial charge in [0.25, 0.3) is 5.91 Å². The van der Waals surface area contributed by atoms with Crippen molar-refractivity contribution >= 4 is 39.2 Å². The minimum atomic E-state index is -0.116. The Morgan fingerprint density at radius 3 is 2.68 bits per heavy atom. The highest BCUT2D eigenvalue weighted by Gasteiger charge is 2.44. The summed E-state index contributed by atoms with van der Waals surface area (Å²) in [5, 5.41) is 3.03. The highest BCUT2D eigenvalue weighted by Crippen LogP contribution is 2.54. The van der Waals surface area contributed by atoms with E-state index in [1.165, 1.54) is 25.7 Å². The lowest BCUT2D eigenvalue weighted by molar-refractivity contribution is 0.0529. The molecule has 164 valence electrons. The van der Waals surface area contributed by atoms with Crippen molar-refractivity contribution in [2.24, 2.45) is 5.41 Å². The van der Waals surface area contributed by atoms with E-state index in [-0.39, 0.29) is 12.0 Å². The van der Waals surface area contributed by atoms with Crippen LogP contribution in [0.5, 0.6) is 0 Å². The number of carbonyl (C=O) groups is 1. The van der Waals surface area contributed by atoms with E-state index < -0.39 is 0 Å². The lowest BCUT2D eigenvalue weighted by Crippen LogP contribution is -2.41. The van der Waals surface area contributed by atoms with Gasteiger partial charge in [-0.25, -0.2) is 4.98 Å². The smallest absolute Gasteiger partial charge is 0.258 e. The number of amides is 1. The van der Waals surface area contributed by atoms with Gasteiger partial charge in [0, 0.05) is 30.7 Å². The predicted molar refractivity (Wildman–Crippen MR) is 127 cm³/mol. The molecule has 3 fully saturated rings. The first kappa shape index (κ1) is 20.8. The molecule has 1 spiro atoms. The summed E-state index contributed by atoms with van der Waals surface area (Å²) in [6.45, 7) is 6.40. The number of ether oxygens (including phenoxy) is 1. The molecule has 1 saturated carbocycles. The number of carbonyl (C=O) groups excluding carboxylic acids is 1. The van der Waals surface area contributed by atoms with Gasteiger partial charge in [-0.2, -0.15) is 0 Å². The standard InChI is InChI=1S/C24H29BrN4O2/c1-17-16-29(13-14-31-17)22-4-2-3-21(26-22)27-23(30)19-6-5-18(25)15-20(19)28-11-9-24(7-8-24)10-12-28/h2-6,15,17H,7-14,16H2,1H3,(H,26,27,30)/t17-/m1/s1. The summed E-state index contributed by atoms with van der Waals surface area (Å²) >= 11 is 3.59. The van der Waals surface area contributed by atoms with Gasteiger partial charge in [0.15, 0.2) is 0 Å². The fourth-order valence-corrected chi connectivity index (χ4v) is 5.09. The quantitative estimate of drug-likeness (QED) is 0.681. The van der Waals surface area contributed by atoms with Crippen LogP contribution >= 0.6 is 15.9 Å². The first-order valence-electron chi connectivity index (χ1n) is 11.2. The first-order valence-corrected chi connectivity index (χ1v) is 12.0. The van der Waals surface area contributed by atoms with E-state index in [9.17, 15) is 4.79 Å². The number of nitrogens with zero attached hydrogens (tertiary/aromatic N) is 3. The summed E-state index contributed by atoms with van der Waals surface area (Å²) in [6.07, 6.45) is 5.37. The molecule has 6 nitrogen and oxygen atoms in total. The second kappa shape index (κ2) is 8.43. The number of hydrogen-bond acceptors (Lipinski definition) is 5. The van der Waals surface area contributed by atoms with E-state index in [1.807, 2.05) is 30.3 Å². The largest absolute Gasteiger partial charge is 0.375 e. The molecule has 1 aliphatic carbocycles. The van der Waals surface area contributed by atoms with E-state index in [4.69, 9.17) is 9.72 Å². The number of nitrogens with one attached hydrogen (secondary N) is 1. The van der Waals surface area contributed by atoms with E-state index in [0.717, 1.165) is 42.2 Å². The molecule has 1 aromatic carbocycles. The molecular formula is C24H29BrN4O2. The molecule has 2 aliphatic heterocycles. The Morgan fingerprint density at radius 2 is 1.94 bits per heavy atom. The lowest BCUT2D eigenvalue weighted by Gasteiger charge is -2.35. The lowest BCUT2D eigenvalue weighted by atomic mass is 9.93. The van der Waals surface area contributed by atoms with Crippen molar-refractivity contribution in [3.8, 4) is 0 Å². The van der Waals surface area contributed by atoms with Crippen LogP contribution in [0.4, 0.5) is 17.3 Å². The molecule has 0 bridgehead atoms. The second-order valence-electron chi connectivity index (χ2n) is 9.11. The molecule has 1 aromatic heterocycles. The third kappa shape index (κ3) is 4.58. The fourth-order valence-electron chi connectivity index (χ4n) is 4.74. The first-order chi connectivity index (χ1) is 15.0. The SMILES string of the molecule is C[C@@H]1CN(c2cccc(NC(=O)c3ccc(Br)cc3N3CCC4(CC3)CC4)n2)CCO1. The third-order valence-corrected chi connectivity index (χ3v) is 7.36. The van der Waals surface area contributed by atoms with Gasteiger partial charge in [0.1, 0.15) is 11.6 Å². The molecule has 2 aromatic rings. The number of anilines is 3. The van der Waals surface area contributed by atoms with Gasteiger partial charge >= 0.3 is 0 Å². The maximum absolute atomic E-state index is 13.2. The Labute approximate surface area is 192 Å². The van der Waals surface area contributed by atoms with E-state index >= 15 is 0 Å². The second-order valence-corrected chi connectivity index (χ2v) is 10.0. The molecule has 5 rings (SSSR count). The maximum atomic E-state index is 13.2. The van der Waals surface area contributed by atoms with Gasteiger partial charge < -0.3 is 19.9 Å². The predicted octanol–water partition coefficient (Wildman–Crippen LogP) is 4.70. The molecular weight excluding hydrogens is 456 g/mol. The molecule has 2 saturated heterocycles. The maximum Gasteiger partial charge on any atom is 0.258 e. The molecule has 7 heteroatoms. The van der Waals surface area contributed by atoms with E-state index in [2.05, 4.69) is 44.0 Å². The third-order valence-electron chi connectivity index (χ3n) is 6.87. The highest BCUT2D eigenvalue weighted by atomic mass is 79.9. The Kier molecular flexibility index (Phi) is 5.65. The molecule has 1 amide bonds. The van der Waals surface area contributed by atoms with E-state index in [0.29, 0.717) is 23.4 Å². The topological polar surface area (TPSA) is 57.7 Å². The number of hydrogen-bond donors (Lipinski definition) is 1. The van der Waals surface area contributed by atoms with Gasteiger partial charge in [-0.1, -0.05) is 22.0 Å². The van der Waals surface area contributed by atoms with Crippen molar-refractivity contribution in [1.82, 2.24) is 4.98 Å². The number of morpholine rings is 1. The van der Waals surface area contributed by atoms with Crippen LogP contribution in [0.2, 0.25) is 0 Å². The zero-order chi connectivity index (χ0) is 21.4. The van der Waals surface area contributed by atoms with Crippen molar-refractivity contribution in [2.45, 2.75) is 38.7 Å². The van der Waals surface area contributed by atoms with Gasteiger partial charge in [0.2, 0.25) is 0 Å². The molecule has 0 radical (unpaired) electrons. The Bertz CT molecular complexity index is 968. The van der Waals surface area contributed by atoms with Gasteiger partial charge in [-0.05, 0) is 68.4 Å². The van der Waals surface area contributed by atoms with Gasteiger partial charge in [-0.15, -0.1) is 0 Å². The number of pyridine rings is 1. The summed E-state index contributed by atoms with van der Waals surface area (Å²) in [7, 11) is 0. The van der Waals surface area contributed by atoms with Crippen LogP contribution in [0.25, 0.3) is 0 Å². The number of benzene rings is 1. The average molecular weight is 485 g/mol. The molecule has 3 aliphatic rings. The van der Waals surface area contributed by atoms with Crippen molar-refractivity contribution in [1.29, 1.82) is 0 Å². The van der Waals surface area contributed by atoms with Gasteiger partial charge in [0.05, 0.1) is 24.0 Å². The minimum Gasteiger partial charge on any atom is -0.375 e. The Balaban J connectivity index is 1.33. The zero-order valence-electron chi connectivity index (χ0n) is 17.9. The van der Waals surface area contributed by atoms with E-state index in [1.54, 1.807) is 0 Å². The molecule has 3 heterocycles. The number of piperidine rings is 1. The van der Waals surface area contributed by atoms with Crippen molar-refractivity contribution in [2.75, 3.05) is 47.9 Å². The average Bonchev–Trinajstić information content (AvgIpc) is 3.53. The molecule has 0 unspecified atom stereocenters. The molecule has 31 heavy (non-hydrogen) atoms.